The summed E-state index contributed by atoms with van der Waals surface area (Å²) in [6, 6.07) is 10.5. The van der Waals surface area contributed by atoms with Crippen LogP contribution >= 0.6 is 0 Å². The summed E-state index contributed by atoms with van der Waals surface area (Å²) >= 11 is 0. The van der Waals surface area contributed by atoms with Crippen molar-refractivity contribution in [2.75, 3.05) is 37.6 Å². The van der Waals surface area contributed by atoms with Gasteiger partial charge in [-0.1, -0.05) is 24.3 Å². The van der Waals surface area contributed by atoms with Gasteiger partial charge in [-0.15, -0.1) is 0 Å². The van der Waals surface area contributed by atoms with E-state index in [0.717, 1.165) is 70.0 Å². The van der Waals surface area contributed by atoms with Gasteiger partial charge in [0.25, 0.3) is 0 Å². The Labute approximate surface area is 175 Å². The predicted molar refractivity (Wildman–Crippen MR) is 115 cm³/mol. The molecule has 0 atom stereocenters. The number of carbonyl (C=O) groups excluding carboxylic acids is 1. The topological polar surface area (TPSA) is 65.8 Å². The van der Waals surface area contributed by atoms with Gasteiger partial charge in [0.2, 0.25) is 5.91 Å². The second-order valence-corrected chi connectivity index (χ2v) is 8.59. The largest absolute Gasteiger partial charge is 0.354 e. The number of rotatable bonds is 2. The highest BCUT2D eigenvalue weighted by atomic mass is 16.2. The standard InChI is InChI=1S/C23H26N6O/c30-23(27-12-8-16-3-1-2-4-17(16)13-27)18-14-28(15-18)22-19-5-9-24-10-6-20(19)26-21-7-11-25-29(21)22/h1-4,7,11,18,24H,5-6,8-10,12-15H2. The van der Waals surface area contributed by atoms with E-state index in [9.17, 15) is 4.79 Å². The fraction of sp³-hybridized carbons (Fsp3) is 0.435. The lowest BCUT2D eigenvalue weighted by atomic mass is 9.94. The number of fused-ring (bicyclic) bond motifs is 3. The number of hydrogen-bond donors (Lipinski definition) is 1. The maximum Gasteiger partial charge on any atom is 0.229 e. The molecule has 154 valence electrons. The second-order valence-electron chi connectivity index (χ2n) is 8.59. The number of benzene rings is 1. The minimum atomic E-state index is 0.0635. The summed E-state index contributed by atoms with van der Waals surface area (Å²) < 4.78 is 1.96. The molecular weight excluding hydrogens is 376 g/mol. The molecule has 1 fully saturated rings. The number of hydrogen-bond acceptors (Lipinski definition) is 5. The fourth-order valence-electron chi connectivity index (χ4n) is 5.09. The lowest BCUT2D eigenvalue weighted by Crippen LogP contribution is -2.56. The van der Waals surface area contributed by atoms with E-state index in [0.29, 0.717) is 5.91 Å². The van der Waals surface area contributed by atoms with Crippen molar-refractivity contribution in [3.05, 3.63) is 58.9 Å². The second kappa shape index (κ2) is 7.09. The van der Waals surface area contributed by atoms with Crippen molar-refractivity contribution in [1.82, 2.24) is 24.8 Å². The Morgan fingerprint density at radius 1 is 1.03 bits per heavy atom. The van der Waals surface area contributed by atoms with Crippen LogP contribution in [0.1, 0.15) is 22.4 Å². The van der Waals surface area contributed by atoms with Gasteiger partial charge in [-0.2, -0.15) is 9.61 Å². The van der Waals surface area contributed by atoms with Crippen molar-refractivity contribution in [2.24, 2.45) is 5.92 Å². The Bertz CT molecular complexity index is 1120. The average molecular weight is 403 g/mol. The first-order valence-electron chi connectivity index (χ1n) is 10.9. The number of anilines is 1. The highest BCUT2D eigenvalue weighted by molar-refractivity contribution is 5.82. The summed E-state index contributed by atoms with van der Waals surface area (Å²) in [5.74, 6) is 1.49. The third-order valence-corrected chi connectivity index (χ3v) is 6.75. The highest BCUT2D eigenvalue weighted by Crippen LogP contribution is 2.32. The summed E-state index contributed by atoms with van der Waals surface area (Å²) in [6.45, 7) is 5.00. The van der Waals surface area contributed by atoms with Gasteiger partial charge >= 0.3 is 0 Å². The van der Waals surface area contributed by atoms with E-state index >= 15 is 0 Å². The summed E-state index contributed by atoms with van der Waals surface area (Å²) in [6.07, 6.45) is 4.66. The molecule has 0 aliphatic carbocycles. The van der Waals surface area contributed by atoms with E-state index in [1.165, 1.54) is 22.4 Å². The molecular formula is C23H26N6O. The quantitative estimate of drug-likeness (QED) is 0.703. The molecule has 1 N–H and O–H groups in total. The molecule has 0 bridgehead atoms. The maximum absolute atomic E-state index is 13.2. The van der Waals surface area contributed by atoms with Crippen LogP contribution in [0.5, 0.6) is 0 Å². The van der Waals surface area contributed by atoms with E-state index < -0.39 is 0 Å². The van der Waals surface area contributed by atoms with Crippen LogP contribution in [-0.2, 0) is 30.6 Å². The van der Waals surface area contributed by atoms with Crippen LogP contribution in [0.4, 0.5) is 5.82 Å². The first-order valence-corrected chi connectivity index (χ1v) is 10.9. The summed E-state index contributed by atoms with van der Waals surface area (Å²) in [5.41, 5.74) is 6.02. The normalized spacial score (nSPS) is 19.2. The van der Waals surface area contributed by atoms with Crippen LogP contribution in [-0.4, -0.2) is 58.1 Å². The van der Waals surface area contributed by atoms with Gasteiger partial charge in [-0.25, -0.2) is 4.98 Å². The van der Waals surface area contributed by atoms with Crippen molar-refractivity contribution in [3.63, 3.8) is 0 Å². The molecule has 7 heteroatoms. The molecule has 0 radical (unpaired) electrons. The lowest BCUT2D eigenvalue weighted by Gasteiger charge is -2.43. The molecule has 0 saturated carbocycles. The first-order chi connectivity index (χ1) is 14.8. The van der Waals surface area contributed by atoms with Crippen LogP contribution in [0.3, 0.4) is 0 Å². The van der Waals surface area contributed by atoms with E-state index in [1.54, 1.807) is 0 Å². The minimum Gasteiger partial charge on any atom is -0.354 e. The molecule has 2 aromatic heterocycles. The number of carbonyl (C=O) groups is 1. The van der Waals surface area contributed by atoms with Crippen molar-refractivity contribution >= 4 is 17.4 Å². The van der Waals surface area contributed by atoms with Crippen molar-refractivity contribution in [1.29, 1.82) is 0 Å². The molecule has 0 spiro atoms. The monoisotopic (exact) mass is 402 g/mol. The Morgan fingerprint density at radius 2 is 1.87 bits per heavy atom. The Morgan fingerprint density at radius 3 is 2.77 bits per heavy atom. The average Bonchev–Trinajstić information content (AvgIpc) is 3.08. The number of nitrogens with zero attached hydrogens (tertiary/aromatic N) is 5. The lowest BCUT2D eigenvalue weighted by molar-refractivity contribution is -0.137. The first kappa shape index (κ1) is 17.9. The third-order valence-electron chi connectivity index (χ3n) is 6.75. The summed E-state index contributed by atoms with van der Waals surface area (Å²) in [4.78, 5) is 22.4. The molecule has 5 heterocycles. The summed E-state index contributed by atoms with van der Waals surface area (Å²) in [5, 5.41) is 8.01. The van der Waals surface area contributed by atoms with Gasteiger partial charge in [0.05, 0.1) is 17.8 Å². The van der Waals surface area contributed by atoms with Crippen LogP contribution in [0.25, 0.3) is 5.65 Å². The molecule has 6 rings (SSSR count). The van der Waals surface area contributed by atoms with Gasteiger partial charge in [0.15, 0.2) is 5.65 Å². The Balaban J connectivity index is 1.23. The van der Waals surface area contributed by atoms with Gasteiger partial charge in [-0.05, 0) is 30.5 Å². The fourth-order valence-corrected chi connectivity index (χ4v) is 5.09. The van der Waals surface area contributed by atoms with Crippen molar-refractivity contribution < 1.29 is 4.79 Å². The maximum atomic E-state index is 13.2. The molecule has 0 unspecified atom stereocenters. The Hall–Kier alpha value is -2.93. The van der Waals surface area contributed by atoms with Crippen LogP contribution in [0, 0.1) is 5.92 Å². The zero-order valence-electron chi connectivity index (χ0n) is 17.0. The van der Waals surface area contributed by atoms with Gasteiger partial charge < -0.3 is 15.1 Å². The molecule has 3 aliphatic rings. The van der Waals surface area contributed by atoms with E-state index in [1.807, 2.05) is 21.7 Å². The Kier molecular flexibility index (Phi) is 4.23. The highest BCUT2D eigenvalue weighted by Gasteiger charge is 2.38. The molecule has 3 aromatic rings. The van der Waals surface area contributed by atoms with Gasteiger partial charge in [0.1, 0.15) is 5.82 Å². The molecule has 1 saturated heterocycles. The molecule has 3 aliphatic heterocycles. The number of aromatic nitrogens is 3. The molecule has 1 aromatic carbocycles. The van der Waals surface area contributed by atoms with E-state index in [2.05, 4.69) is 39.6 Å². The minimum absolute atomic E-state index is 0.0635. The van der Waals surface area contributed by atoms with Crippen molar-refractivity contribution in [3.8, 4) is 0 Å². The number of amides is 1. The van der Waals surface area contributed by atoms with E-state index in [4.69, 9.17) is 4.98 Å². The van der Waals surface area contributed by atoms with Crippen molar-refractivity contribution in [2.45, 2.75) is 25.8 Å². The van der Waals surface area contributed by atoms with Gasteiger partial charge in [0, 0.05) is 50.8 Å². The van der Waals surface area contributed by atoms with Crippen LogP contribution in [0.15, 0.2) is 36.5 Å². The molecule has 30 heavy (non-hydrogen) atoms. The predicted octanol–water partition coefficient (Wildman–Crippen LogP) is 1.44. The molecule has 1 amide bonds. The molecule has 7 nitrogen and oxygen atoms in total. The van der Waals surface area contributed by atoms with E-state index in [-0.39, 0.29) is 5.92 Å². The zero-order valence-corrected chi connectivity index (χ0v) is 17.0. The SMILES string of the molecule is O=C(C1CN(c2c3c(nc4ccnn24)CCNCC3)C1)N1CCc2ccccc2C1. The van der Waals surface area contributed by atoms with Crippen LogP contribution < -0.4 is 10.2 Å². The summed E-state index contributed by atoms with van der Waals surface area (Å²) in [7, 11) is 0. The zero-order chi connectivity index (χ0) is 20.1. The van der Waals surface area contributed by atoms with Crippen LogP contribution in [0.2, 0.25) is 0 Å². The smallest absolute Gasteiger partial charge is 0.229 e. The third kappa shape index (κ3) is 2.88. The van der Waals surface area contributed by atoms with Gasteiger partial charge in [-0.3, -0.25) is 4.79 Å². The number of nitrogens with one attached hydrogen (secondary N) is 1.